The molecule has 3 N–H and O–H groups in total. The fraction of sp³-hybridized carbons (Fsp3) is 0.267. The molecule has 1 aromatic heterocycles. The first kappa shape index (κ1) is 18.4. The molecule has 0 unspecified atom stereocenters. The molecule has 0 fully saturated rings. The predicted molar refractivity (Wildman–Crippen MR) is 91.7 cm³/mol. The lowest BCUT2D eigenvalue weighted by atomic mass is 10.1. The molecule has 1 heterocycles. The van der Waals surface area contributed by atoms with Crippen LogP contribution in [0.3, 0.4) is 0 Å². The lowest BCUT2D eigenvalue weighted by Crippen LogP contribution is -2.14. The number of carbonyl (C=O) groups is 1. The molecule has 0 aliphatic heterocycles. The third kappa shape index (κ3) is 5.02. The maximum Gasteiger partial charge on any atom is 0.251 e. The molecule has 0 aliphatic carbocycles. The highest BCUT2D eigenvalue weighted by molar-refractivity contribution is 7.99. The van der Waals surface area contributed by atoms with E-state index in [2.05, 4.69) is 9.97 Å². The van der Waals surface area contributed by atoms with Gasteiger partial charge in [0, 0.05) is 17.3 Å². The van der Waals surface area contributed by atoms with Gasteiger partial charge in [0.1, 0.15) is 0 Å². The number of rotatable bonds is 7. The second-order valence-electron chi connectivity index (χ2n) is 5.08. The Morgan fingerprint density at radius 2 is 2.08 bits per heavy atom. The van der Waals surface area contributed by atoms with E-state index in [4.69, 9.17) is 5.14 Å². The number of nitrogens with one attached hydrogen (secondary N) is 1. The molecule has 1 aromatic carbocycles. The second kappa shape index (κ2) is 7.73. The number of ketones is 1. The van der Waals surface area contributed by atoms with Crippen molar-refractivity contribution in [3.63, 3.8) is 0 Å². The molecule has 0 spiro atoms. The Morgan fingerprint density at radius 1 is 1.33 bits per heavy atom. The van der Waals surface area contributed by atoms with Gasteiger partial charge in [0.15, 0.2) is 10.9 Å². The van der Waals surface area contributed by atoms with Gasteiger partial charge in [-0.15, -0.1) is 0 Å². The molecule has 7 nitrogen and oxygen atoms in total. The Labute approximate surface area is 143 Å². The third-order valence-corrected chi connectivity index (χ3v) is 4.89. The van der Waals surface area contributed by atoms with Gasteiger partial charge in [0.2, 0.25) is 10.0 Å². The molecule has 24 heavy (non-hydrogen) atoms. The number of carbonyl (C=O) groups excluding carboxylic acids is 1. The molecule has 0 bridgehead atoms. The first-order valence-corrected chi connectivity index (χ1v) is 9.72. The number of hydrogen-bond donors (Lipinski definition) is 2. The topological polar surface area (TPSA) is 123 Å². The van der Waals surface area contributed by atoms with Crippen LogP contribution < -0.4 is 10.7 Å². The summed E-state index contributed by atoms with van der Waals surface area (Å²) in [6.45, 7) is 1.98. The summed E-state index contributed by atoms with van der Waals surface area (Å²) in [5.74, 6) is -0.263. The quantitative estimate of drug-likeness (QED) is 0.432. The Hall–Kier alpha value is -1.97. The zero-order valence-electron chi connectivity index (χ0n) is 13.0. The number of aryl methyl sites for hydroxylation is 1. The van der Waals surface area contributed by atoms with E-state index < -0.39 is 10.0 Å². The number of benzene rings is 1. The molecule has 9 heteroatoms. The normalized spacial score (nSPS) is 11.4. The van der Waals surface area contributed by atoms with Crippen LogP contribution in [0.4, 0.5) is 0 Å². The summed E-state index contributed by atoms with van der Waals surface area (Å²) in [5, 5.41) is 5.42. The SMILES string of the molecule is CCCc1cc(=O)[nH]c(SCC(=O)c2cccc(S(N)(=O)=O)c2)n1. The number of H-pyrrole nitrogens is 1. The van der Waals surface area contributed by atoms with E-state index in [0.29, 0.717) is 17.3 Å². The standard InChI is InChI=1S/C15H17N3O4S2/c1-2-4-11-8-14(20)18-15(17-11)23-9-13(19)10-5-3-6-12(7-10)24(16,21)22/h3,5-8H,2,4,9H2,1H3,(H2,16,21,22)(H,17,18,20). The van der Waals surface area contributed by atoms with Gasteiger partial charge in [-0.3, -0.25) is 9.59 Å². The van der Waals surface area contributed by atoms with Crippen LogP contribution in [0.25, 0.3) is 0 Å². The molecular formula is C15H17N3O4S2. The van der Waals surface area contributed by atoms with Gasteiger partial charge in [-0.1, -0.05) is 37.2 Å². The smallest absolute Gasteiger partial charge is 0.251 e. The maximum atomic E-state index is 12.2. The predicted octanol–water partition coefficient (Wildman–Crippen LogP) is 1.34. The lowest BCUT2D eigenvalue weighted by molar-refractivity contribution is 0.102. The molecule has 0 saturated carbocycles. The molecule has 0 amide bonds. The van der Waals surface area contributed by atoms with Gasteiger partial charge in [-0.2, -0.15) is 0 Å². The Kier molecular flexibility index (Phi) is 5.92. The average molecular weight is 367 g/mol. The minimum Gasteiger partial charge on any atom is -0.301 e. The van der Waals surface area contributed by atoms with Crippen molar-refractivity contribution in [1.82, 2.24) is 9.97 Å². The van der Waals surface area contributed by atoms with Crippen LogP contribution in [0, 0.1) is 0 Å². The summed E-state index contributed by atoms with van der Waals surface area (Å²) in [6, 6.07) is 6.97. The van der Waals surface area contributed by atoms with Crippen LogP contribution in [-0.4, -0.2) is 29.9 Å². The van der Waals surface area contributed by atoms with E-state index in [-0.39, 0.29) is 27.6 Å². The van der Waals surface area contributed by atoms with Gasteiger partial charge in [-0.25, -0.2) is 18.5 Å². The summed E-state index contributed by atoms with van der Waals surface area (Å²) < 4.78 is 22.7. The number of aromatic nitrogens is 2. The van der Waals surface area contributed by atoms with Crippen LogP contribution >= 0.6 is 11.8 Å². The first-order chi connectivity index (χ1) is 11.3. The molecule has 0 atom stereocenters. The van der Waals surface area contributed by atoms with Crippen molar-refractivity contribution in [2.75, 3.05) is 5.75 Å². The van der Waals surface area contributed by atoms with Crippen molar-refractivity contribution >= 4 is 27.6 Å². The van der Waals surface area contributed by atoms with Crippen molar-refractivity contribution in [1.29, 1.82) is 0 Å². The minimum atomic E-state index is -3.86. The van der Waals surface area contributed by atoms with E-state index in [0.717, 1.165) is 18.2 Å². The highest BCUT2D eigenvalue weighted by atomic mass is 32.2. The van der Waals surface area contributed by atoms with Gasteiger partial charge in [0.05, 0.1) is 10.6 Å². The molecule has 2 aromatic rings. The fourth-order valence-corrected chi connectivity index (χ4v) is 3.35. The molecular weight excluding hydrogens is 350 g/mol. The number of hydrogen-bond acceptors (Lipinski definition) is 6. The first-order valence-electron chi connectivity index (χ1n) is 7.18. The monoisotopic (exact) mass is 367 g/mol. The molecule has 0 saturated heterocycles. The third-order valence-electron chi connectivity index (χ3n) is 3.10. The molecule has 2 rings (SSSR count). The van der Waals surface area contributed by atoms with E-state index in [9.17, 15) is 18.0 Å². The Balaban J connectivity index is 2.13. The van der Waals surface area contributed by atoms with Crippen molar-refractivity contribution in [2.45, 2.75) is 29.8 Å². The Morgan fingerprint density at radius 3 is 2.75 bits per heavy atom. The van der Waals surface area contributed by atoms with E-state index in [1.807, 2.05) is 6.92 Å². The summed E-state index contributed by atoms with van der Waals surface area (Å²) >= 11 is 1.09. The van der Waals surface area contributed by atoms with Crippen molar-refractivity contribution < 1.29 is 13.2 Å². The summed E-state index contributed by atoms with van der Waals surface area (Å²) in [7, 11) is -3.86. The van der Waals surface area contributed by atoms with Crippen molar-refractivity contribution in [3.8, 4) is 0 Å². The van der Waals surface area contributed by atoms with Crippen LogP contribution in [0.1, 0.15) is 29.4 Å². The van der Waals surface area contributed by atoms with E-state index in [1.165, 1.54) is 30.3 Å². The van der Waals surface area contributed by atoms with Crippen LogP contribution in [0.5, 0.6) is 0 Å². The highest BCUT2D eigenvalue weighted by Gasteiger charge is 2.13. The largest absolute Gasteiger partial charge is 0.301 e. The number of nitrogens with two attached hydrogens (primary N) is 1. The van der Waals surface area contributed by atoms with Gasteiger partial charge in [-0.05, 0) is 18.6 Å². The number of primary sulfonamides is 1. The number of thioether (sulfide) groups is 1. The van der Waals surface area contributed by atoms with E-state index in [1.54, 1.807) is 0 Å². The maximum absolute atomic E-state index is 12.2. The lowest BCUT2D eigenvalue weighted by Gasteiger charge is -2.04. The highest BCUT2D eigenvalue weighted by Crippen LogP contribution is 2.16. The molecule has 128 valence electrons. The number of Topliss-reactive ketones (excluding diaryl/α,β-unsaturated/α-hetero) is 1. The van der Waals surface area contributed by atoms with Gasteiger partial charge in [0.25, 0.3) is 5.56 Å². The van der Waals surface area contributed by atoms with Crippen LogP contribution in [0.2, 0.25) is 0 Å². The van der Waals surface area contributed by atoms with Crippen molar-refractivity contribution in [2.24, 2.45) is 5.14 Å². The van der Waals surface area contributed by atoms with E-state index >= 15 is 0 Å². The van der Waals surface area contributed by atoms with Crippen LogP contribution in [-0.2, 0) is 16.4 Å². The van der Waals surface area contributed by atoms with Gasteiger partial charge < -0.3 is 4.98 Å². The minimum absolute atomic E-state index is 0.0204. The summed E-state index contributed by atoms with van der Waals surface area (Å²) in [6.07, 6.45) is 1.54. The molecule has 0 radical (unpaired) electrons. The zero-order chi connectivity index (χ0) is 17.7. The molecule has 0 aliphatic rings. The van der Waals surface area contributed by atoms with Crippen LogP contribution in [0.15, 0.2) is 45.2 Å². The average Bonchev–Trinajstić information content (AvgIpc) is 2.52. The van der Waals surface area contributed by atoms with Crippen molar-refractivity contribution in [3.05, 3.63) is 51.9 Å². The number of nitrogens with zero attached hydrogens (tertiary/aromatic N) is 1. The Bertz CT molecular complexity index is 907. The fourth-order valence-electron chi connectivity index (χ4n) is 2.00. The summed E-state index contributed by atoms with van der Waals surface area (Å²) in [4.78, 5) is 30.5. The summed E-state index contributed by atoms with van der Waals surface area (Å²) in [5.41, 5.74) is 0.646. The second-order valence-corrected chi connectivity index (χ2v) is 7.60. The number of aromatic amines is 1. The number of sulfonamides is 1. The zero-order valence-corrected chi connectivity index (χ0v) is 14.6. The van der Waals surface area contributed by atoms with Gasteiger partial charge >= 0.3 is 0 Å².